The highest BCUT2D eigenvalue weighted by Crippen LogP contribution is 2.23. The second-order valence-electron chi connectivity index (χ2n) is 3.63. The largest absolute Gasteiger partial charge is 0.497 e. The van der Waals surface area contributed by atoms with Crippen molar-refractivity contribution in [2.45, 2.75) is 0 Å². The van der Waals surface area contributed by atoms with Gasteiger partial charge in [-0.25, -0.2) is 4.79 Å². The summed E-state index contributed by atoms with van der Waals surface area (Å²) in [4.78, 5) is 25.0. The van der Waals surface area contributed by atoms with Gasteiger partial charge in [-0.1, -0.05) is 12.1 Å². The van der Waals surface area contributed by atoms with Gasteiger partial charge in [0.2, 0.25) is 0 Å². The Morgan fingerprint density at radius 1 is 1.22 bits per heavy atom. The van der Waals surface area contributed by atoms with E-state index in [1.54, 1.807) is 37.4 Å². The molecule has 92 valence electrons. The Morgan fingerprint density at radius 2 is 1.89 bits per heavy atom. The van der Waals surface area contributed by atoms with Gasteiger partial charge in [0.1, 0.15) is 11.3 Å². The van der Waals surface area contributed by atoms with Gasteiger partial charge in [0.25, 0.3) is 5.56 Å². The molecule has 2 N–H and O–H groups in total. The van der Waals surface area contributed by atoms with E-state index in [2.05, 4.69) is 4.98 Å². The highest BCUT2D eigenvalue weighted by molar-refractivity contribution is 5.95. The first-order chi connectivity index (χ1) is 8.63. The molecule has 0 unspecified atom stereocenters. The zero-order chi connectivity index (χ0) is 13.1. The lowest BCUT2D eigenvalue weighted by Gasteiger charge is -2.06. The van der Waals surface area contributed by atoms with Gasteiger partial charge in [-0.05, 0) is 23.8 Å². The molecule has 1 aromatic carbocycles. The first-order valence-corrected chi connectivity index (χ1v) is 5.23. The minimum absolute atomic E-state index is 0.261. The summed E-state index contributed by atoms with van der Waals surface area (Å²) in [5.74, 6) is -0.580. The van der Waals surface area contributed by atoms with Crippen LogP contribution in [0.4, 0.5) is 0 Å². The molecule has 0 aliphatic carbocycles. The summed E-state index contributed by atoms with van der Waals surface area (Å²) in [5.41, 5.74) is 0.159. The van der Waals surface area contributed by atoms with E-state index < -0.39 is 11.5 Å². The van der Waals surface area contributed by atoms with Gasteiger partial charge in [-0.3, -0.25) is 4.79 Å². The molecule has 5 nitrogen and oxygen atoms in total. The fourth-order valence-corrected chi connectivity index (χ4v) is 1.70. The van der Waals surface area contributed by atoms with Crippen molar-refractivity contribution in [1.82, 2.24) is 4.98 Å². The molecule has 1 aromatic heterocycles. The van der Waals surface area contributed by atoms with Crippen LogP contribution in [0.3, 0.4) is 0 Å². The first kappa shape index (κ1) is 11.9. The van der Waals surface area contributed by atoms with Crippen molar-refractivity contribution in [3.63, 3.8) is 0 Å². The monoisotopic (exact) mass is 245 g/mol. The Bertz CT molecular complexity index is 628. The Labute approximate surface area is 103 Å². The number of pyridine rings is 1. The number of aromatic amines is 1. The van der Waals surface area contributed by atoms with E-state index in [0.29, 0.717) is 16.9 Å². The van der Waals surface area contributed by atoms with E-state index in [-0.39, 0.29) is 5.56 Å². The summed E-state index contributed by atoms with van der Waals surface area (Å²) in [6.45, 7) is 0. The van der Waals surface area contributed by atoms with Crippen LogP contribution in [0, 0.1) is 0 Å². The number of nitrogens with one attached hydrogen (secondary N) is 1. The quantitative estimate of drug-likeness (QED) is 0.863. The summed E-state index contributed by atoms with van der Waals surface area (Å²) < 4.78 is 5.02. The molecule has 0 radical (unpaired) electrons. The van der Waals surface area contributed by atoms with E-state index in [4.69, 9.17) is 9.84 Å². The summed E-state index contributed by atoms with van der Waals surface area (Å²) in [7, 11) is 1.55. The standard InChI is InChI=1S/C13H11NO4/c1-18-9-4-2-8(3-5-9)10-6-7-14-12(15)11(10)13(16)17/h2-7H,1H3,(H,14,15)(H,16,17). The molecule has 0 bridgehead atoms. The molecule has 0 amide bonds. The van der Waals surface area contributed by atoms with Gasteiger partial charge in [-0.15, -0.1) is 0 Å². The van der Waals surface area contributed by atoms with Crippen molar-refractivity contribution in [3.05, 3.63) is 52.4 Å². The van der Waals surface area contributed by atoms with Gasteiger partial charge in [0.15, 0.2) is 0 Å². The minimum atomic E-state index is -1.25. The zero-order valence-corrected chi connectivity index (χ0v) is 9.64. The first-order valence-electron chi connectivity index (χ1n) is 5.23. The molecule has 5 heteroatoms. The Hall–Kier alpha value is -2.56. The van der Waals surface area contributed by atoms with E-state index >= 15 is 0 Å². The lowest BCUT2D eigenvalue weighted by molar-refractivity contribution is 0.0696. The summed E-state index contributed by atoms with van der Waals surface area (Å²) >= 11 is 0. The lowest BCUT2D eigenvalue weighted by Crippen LogP contribution is -2.18. The van der Waals surface area contributed by atoms with Gasteiger partial charge < -0.3 is 14.8 Å². The molecule has 0 spiro atoms. The second-order valence-corrected chi connectivity index (χ2v) is 3.63. The van der Waals surface area contributed by atoms with Crippen molar-refractivity contribution in [2.24, 2.45) is 0 Å². The number of ether oxygens (including phenoxy) is 1. The van der Waals surface area contributed by atoms with Gasteiger partial charge in [0.05, 0.1) is 7.11 Å². The topological polar surface area (TPSA) is 79.4 Å². The Morgan fingerprint density at radius 3 is 2.44 bits per heavy atom. The third kappa shape index (κ3) is 2.10. The third-order valence-electron chi connectivity index (χ3n) is 2.58. The van der Waals surface area contributed by atoms with Crippen LogP contribution in [-0.4, -0.2) is 23.2 Å². The normalized spacial score (nSPS) is 10.1. The number of hydrogen-bond donors (Lipinski definition) is 2. The molecule has 2 rings (SSSR count). The number of H-pyrrole nitrogens is 1. The predicted octanol–water partition coefficient (Wildman–Crippen LogP) is 1.75. The number of benzene rings is 1. The van der Waals surface area contributed by atoms with E-state index in [0.717, 1.165) is 0 Å². The lowest BCUT2D eigenvalue weighted by atomic mass is 10.0. The van der Waals surface area contributed by atoms with Crippen LogP contribution in [0.1, 0.15) is 10.4 Å². The summed E-state index contributed by atoms with van der Waals surface area (Å²) in [5, 5.41) is 9.06. The van der Waals surface area contributed by atoms with Crippen LogP contribution >= 0.6 is 0 Å². The molecule has 0 atom stereocenters. The number of aromatic carboxylic acids is 1. The molecule has 0 aliphatic rings. The van der Waals surface area contributed by atoms with Crippen LogP contribution in [-0.2, 0) is 0 Å². The SMILES string of the molecule is COc1ccc(-c2cc[nH]c(=O)c2C(=O)O)cc1. The van der Waals surface area contributed by atoms with Gasteiger partial charge in [-0.2, -0.15) is 0 Å². The van der Waals surface area contributed by atoms with E-state index in [9.17, 15) is 9.59 Å². The maximum absolute atomic E-state index is 11.5. The molecule has 0 aliphatic heterocycles. The molecule has 0 saturated heterocycles. The minimum Gasteiger partial charge on any atom is -0.497 e. The third-order valence-corrected chi connectivity index (χ3v) is 2.58. The molecule has 1 heterocycles. The fourth-order valence-electron chi connectivity index (χ4n) is 1.70. The maximum Gasteiger partial charge on any atom is 0.341 e. The predicted molar refractivity (Wildman–Crippen MR) is 66.0 cm³/mol. The zero-order valence-electron chi connectivity index (χ0n) is 9.64. The average molecular weight is 245 g/mol. The second kappa shape index (κ2) is 4.75. The van der Waals surface area contributed by atoms with E-state index in [1.807, 2.05) is 0 Å². The fraction of sp³-hybridized carbons (Fsp3) is 0.0769. The number of methoxy groups -OCH3 is 1. The summed E-state index contributed by atoms with van der Waals surface area (Å²) in [6.07, 6.45) is 1.42. The Kier molecular flexibility index (Phi) is 3.14. The van der Waals surface area contributed by atoms with Crippen LogP contribution < -0.4 is 10.3 Å². The number of carboxylic acids is 1. The van der Waals surface area contributed by atoms with Crippen molar-refractivity contribution in [3.8, 4) is 16.9 Å². The number of carbonyl (C=O) groups is 1. The molecular formula is C13H11NO4. The highest BCUT2D eigenvalue weighted by Gasteiger charge is 2.15. The van der Waals surface area contributed by atoms with Gasteiger partial charge >= 0.3 is 5.97 Å². The van der Waals surface area contributed by atoms with Crippen molar-refractivity contribution in [2.75, 3.05) is 7.11 Å². The van der Waals surface area contributed by atoms with E-state index in [1.165, 1.54) is 6.20 Å². The average Bonchev–Trinajstić information content (AvgIpc) is 2.38. The maximum atomic E-state index is 11.5. The number of hydrogen-bond acceptors (Lipinski definition) is 3. The van der Waals surface area contributed by atoms with Crippen LogP contribution in [0.5, 0.6) is 5.75 Å². The van der Waals surface area contributed by atoms with Crippen molar-refractivity contribution < 1.29 is 14.6 Å². The molecule has 2 aromatic rings. The summed E-state index contributed by atoms with van der Waals surface area (Å²) in [6, 6.07) is 8.40. The highest BCUT2D eigenvalue weighted by atomic mass is 16.5. The number of rotatable bonds is 3. The molecule has 0 saturated carbocycles. The number of carboxylic acid groups (broad SMARTS) is 1. The van der Waals surface area contributed by atoms with Gasteiger partial charge in [0, 0.05) is 11.8 Å². The molecule has 18 heavy (non-hydrogen) atoms. The molecular weight excluding hydrogens is 234 g/mol. The smallest absolute Gasteiger partial charge is 0.341 e. The molecule has 0 fully saturated rings. The van der Waals surface area contributed by atoms with Crippen LogP contribution in [0.15, 0.2) is 41.3 Å². The number of aromatic nitrogens is 1. The van der Waals surface area contributed by atoms with Crippen molar-refractivity contribution in [1.29, 1.82) is 0 Å². The van der Waals surface area contributed by atoms with Crippen LogP contribution in [0.2, 0.25) is 0 Å². The van der Waals surface area contributed by atoms with Crippen molar-refractivity contribution >= 4 is 5.97 Å². The Balaban J connectivity index is 2.59. The van der Waals surface area contributed by atoms with Crippen LogP contribution in [0.25, 0.3) is 11.1 Å².